The third-order valence-electron chi connectivity index (χ3n) is 1.53. The largest absolute Gasteiger partial charge is 1.00 e. The Bertz CT molecular complexity index is 402. The van der Waals surface area contributed by atoms with E-state index in [-0.39, 0.29) is 23.8 Å². The normalized spacial score (nSPS) is 10.6. The van der Waals surface area contributed by atoms with Crippen molar-refractivity contribution in [3.05, 3.63) is 23.8 Å². The van der Waals surface area contributed by atoms with Gasteiger partial charge in [-0.05, 0) is 30.7 Å². The zero-order valence-electron chi connectivity index (χ0n) is 7.44. The molecule has 1 aromatic rings. The van der Waals surface area contributed by atoms with E-state index in [1.807, 2.05) is 0 Å². The first-order valence-electron chi connectivity index (χ1n) is 3.23. The predicted molar refractivity (Wildman–Crippen MR) is 43.6 cm³/mol. The van der Waals surface area contributed by atoms with Gasteiger partial charge in [-0.2, -0.15) is 0 Å². The maximum atomic E-state index is 10.5. The molecule has 0 aliphatic carbocycles. The molecule has 0 fully saturated rings. The summed E-state index contributed by atoms with van der Waals surface area (Å²) in [5.74, 6) is 0. The summed E-state index contributed by atoms with van der Waals surface area (Å²) in [4.78, 5) is -0.241. The Balaban J connectivity index is 0.00000144. The molecule has 0 aliphatic heterocycles. The van der Waals surface area contributed by atoms with Crippen molar-refractivity contribution >= 4 is 15.8 Å². The Kier molecular flexibility index (Phi) is 4.01. The molecule has 0 heterocycles. The monoisotopic (exact) mass is 193 g/mol. The second-order valence-electron chi connectivity index (χ2n) is 2.47. The molecular weight excluding hydrogens is 185 g/mol. The number of rotatable bonds is 1. The first kappa shape index (κ1) is 12.5. The third-order valence-corrected chi connectivity index (χ3v) is 2.36. The van der Waals surface area contributed by atoms with Gasteiger partial charge in [0.15, 0.2) is 0 Å². The Morgan fingerprint density at radius 2 is 1.92 bits per heavy atom. The third kappa shape index (κ3) is 3.05. The number of nitrogens with two attached hydrogens (primary N) is 1. The summed E-state index contributed by atoms with van der Waals surface area (Å²) in [5.41, 5.74) is 6.50. The zero-order valence-corrected chi connectivity index (χ0v) is 8.26. The number of anilines is 1. The van der Waals surface area contributed by atoms with Gasteiger partial charge in [0, 0.05) is 5.69 Å². The quantitative estimate of drug-likeness (QED) is 0.303. The fourth-order valence-electron chi connectivity index (χ4n) is 0.804. The molecule has 0 aliphatic rings. The van der Waals surface area contributed by atoms with Gasteiger partial charge in [0.1, 0.15) is 10.1 Å². The molecule has 0 radical (unpaired) electrons. The van der Waals surface area contributed by atoms with Gasteiger partial charge in [-0.3, -0.25) is 0 Å². The molecular formula is C7H8LiNO3S. The van der Waals surface area contributed by atoms with Crippen molar-refractivity contribution in [1.82, 2.24) is 0 Å². The minimum absolute atomic E-state index is 0. The Morgan fingerprint density at radius 1 is 1.38 bits per heavy atom. The van der Waals surface area contributed by atoms with Crippen LogP contribution in [0, 0.1) is 6.92 Å². The van der Waals surface area contributed by atoms with E-state index in [2.05, 4.69) is 0 Å². The van der Waals surface area contributed by atoms with Gasteiger partial charge in [0.25, 0.3) is 0 Å². The predicted octanol–water partition coefficient (Wildman–Crippen LogP) is -2.51. The van der Waals surface area contributed by atoms with E-state index in [0.717, 1.165) is 0 Å². The van der Waals surface area contributed by atoms with E-state index in [0.29, 0.717) is 11.3 Å². The van der Waals surface area contributed by atoms with E-state index in [1.165, 1.54) is 18.2 Å². The van der Waals surface area contributed by atoms with Crippen molar-refractivity contribution in [2.75, 3.05) is 5.73 Å². The minimum atomic E-state index is -4.35. The van der Waals surface area contributed by atoms with Crippen molar-refractivity contribution < 1.29 is 31.8 Å². The molecule has 13 heavy (non-hydrogen) atoms. The average Bonchev–Trinajstić information content (AvgIpc) is 1.92. The summed E-state index contributed by atoms with van der Waals surface area (Å²) < 4.78 is 31.5. The van der Waals surface area contributed by atoms with Crippen LogP contribution in [0.15, 0.2) is 23.1 Å². The first-order valence-corrected chi connectivity index (χ1v) is 4.64. The minimum Gasteiger partial charge on any atom is -0.744 e. The smallest absolute Gasteiger partial charge is 0.744 e. The van der Waals surface area contributed by atoms with Crippen LogP contribution < -0.4 is 24.6 Å². The molecule has 0 aromatic heterocycles. The first-order chi connectivity index (χ1) is 5.41. The van der Waals surface area contributed by atoms with Crippen LogP contribution in [0.25, 0.3) is 0 Å². The molecule has 0 saturated carbocycles. The fourth-order valence-corrected chi connectivity index (χ4v) is 1.36. The van der Waals surface area contributed by atoms with E-state index in [1.54, 1.807) is 6.92 Å². The molecule has 1 rings (SSSR count). The van der Waals surface area contributed by atoms with Crippen LogP contribution >= 0.6 is 0 Å². The molecule has 0 atom stereocenters. The molecule has 0 unspecified atom stereocenters. The molecule has 0 bridgehead atoms. The number of benzene rings is 1. The van der Waals surface area contributed by atoms with E-state index in [4.69, 9.17) is 5.73 Å². The van der Waals surface area contributed by atoms with Gasteiger partial charge in [0.2, 0.25) is 0 Å². The van der Waals surface area contributed by atoms with Crippen LogP contribution in [0.2, 0.25) is 0 Å². The number of hydrogen-bond acceptors (Lipinski definition) is 4. The van der Waals surface area contributed by atoms with Crippen molar-refractivity contribution in [3.63, 3.8) is 0 Å². The van der Waals surface area contributed by atoms with E-state index in [9.17, 15) is 13.0 Å². The summed E-state index contributed by atoms with van der Waals surface area (Å²) in [5, 5.41) is 0. The maximum absolute atomic E-state index is 10.5. The van der Waals surface area contributed by atoms with Crippen molar-refractivity contribution in [2.45, 2.75) is 11.8 Å². The van der Waals surface area contributed by atoms with Crippen LogP contribution in [-0.4, -0.2) is 13.0 Å². The van der Waals surface area contributed by atoms with Crippen molar-refractivity contribution in [3.8, 4) is 0 Å². The summed E-state index contributed by atoms with van der Waals surface area (Å²) >= 11 is 0. The zero-order chi connectivity index (χ0) is 9.35. The van der Waals surface area contributed by atoms with Gasteiger partial charge in [-0.25, -0.2) is 8.42 Å². The molecule has 0 saturated heterocycles. The summed E-state index contributed by atoms with van der Waals surface area (Å²) in [6.07, 6.45) is 0. The van der Waals surface area contributed by atoms with Gasteiger partial charge in [-0.1, -0.05) is 0 Å². The maximum Gasteiger partial charge on any atom is 1.00 e. The Morgan fingerprint density at radius 3 is 2.31 bits per heavy atom. The average molecular weight is 193 g/mol. The van der Waals surface area contributed by atoms with E-state index >= 15 is 0 Å². The van der Waals surface area contributed by atoms with Crippen LogP contribution in [-0.2, 0) is 10.1 Å². The fraction of sp³-hybridized carbons (Fsp3) is 0.143. The molecule has 4 nitrogen and oxygen atoms in total. The molecule has 0 amide bonds. The number of nitrogen functional groups attached to an aromatic ring is 1. The molecule has 1 aromatic carbocycles. The topological polar surface area (TPSA) is 83.2 Å². The summed E-state index contributed by atoms with van der Waals surface area (Å²) in [6, 6.07) is 3.86. The SMILES string of the molecule is Cc1cc(S(=O)(=O)[O-])ccc1N.[Li+]. The second-order valence-corrected chi connectivity index (χ2v) is 3.85. The van der Waals surface area contributed by atoms with Crippen LogP contribution in [0.3, 0.4) is 0 Å². The van der Waals surface area contributed by atoms with Crippen molar-refractivity contribution in [2.24, 2.45) is 0 Å². The second kappa shape index (κ2) is 4.16. The molecule has 66 valence electrons. The summed E-state index contributed by atoms with van der Waals surface area (Å²) in [7, 11) is -4.35. The number of aryl methyl sites for hydroxylation is 1. The summed E-state index contributed by atoms with van der Waals surface area (Å²) in [6.45, 7) is 1.64. The Labute approximate surface area is 89.1 Å². The number of hydrogen-bond donors (Lipinski definition) is 1. The van der Waals surface area contributed by atoms with Crippen LogP contribution in [0.4, 0.5) is 5.69 Å². The van der Waals surface area contributed by atoms with Gasteiger partial charge >= 0.3 is 18.9 Å². The van der Waals surface area contributed by atoms with Crippen molar-refractivity contribution in [1.29, 1.82) is 0 Å². The molecule has 2 N–H and O–H groups in total. The van der Waals surface area contributed by atoms with Crippen LogP contribution in [0.1, 0.15) is 5.56 Å². The standard InChI is InChI=1S/C7H9NO3S.Li/c1-5-4-6(12(9,10)11)2-3-7(5)8;/h2-4H,8H2,1H3,(H,9,10,11);/q;+1/p-1. The Hall–Kier alpha value is -0.473. The van der Waals surface area contributed by atoms with Crippen LogP contribution in [0.5, 0.6) is 0 Å². The van der Waals surface area contributed by atoms with E-state index < -0.39 is 10.1 Å². The van der Waals surface area contributed by atoms with Gasteiger partial charge < -0.3 is 10.3 Å². The van der Waals surface area contributed by atoms with Gasteiger partial charge in [-0.15, -0.1) is 0 Å². The molecule has 0 spiro atoms. The van der Waals surface area contributed by atoms with Gasteiger partial charge in [0.05, 0.1) is 4.90 Å². The molecule has 6 heteroatoms.